The van der Waals surface area contributed by atoms with Gasteiger partial charge in [0.2, 0.25) is 5.82 Å². The minimum absolute atomic E-state index is 0.145. The fourth-order valence-electron chi connectivity index (χ4n) is 1.14. The normalized spacial score (nSPS) is 11.4. The highest BCUT2D eigenvalue weighted by atomic mass is 32.2. The minimum Gasteiger partial charge on any atom is -0.282 e. The maximum Gasteiger partial charge on any atom is 0.380 e. The summed E-state index contributed by atoms with van der Waals surface area (Å²) in [6.07, 6.45) is 0. The Morgan fingerprint density at radius 2 is 1.76 bits per heavy atom. The number of nitrogens with zero attached hydrogens (tertiary/aromatic N) is 3. The summed E-state index contributed by atoms with van der Waals surface area (Å²) in [6, 6.07) is 5.16. The molecule has 0 saturated carbocycles. The lowest BCUT2D eigenvalue weighted by Crippen LogP contribution is -2.14. The van der Waals surface area contributed by atoms with E-state index < -0.39 is 15.8 Å². The Labute approximate surface area is 95.1 Å². The van der Waals surface area contributed by atoms with Crippen molar-refractivity contribution in [2.24, 2.45) is 0 Å². The van der Waals surface area contributed by atoms with E-state index in [1.54, 1.807) is 0 Å². The lowest BCUT2D eigenvalue weighted by Gasteiger charge is -1.99. The smallest absolute Gasteiger partial charge is 0.282 e. The largest absolute Gasteiger partial charge is 0.380 e. The molecule has 1 heterocycles. The highest BCUT2D eigenvalue weighted by Crippen LogP contribution is 2.16. The molecule has 0 aliphatic heterocycles. The molecule has 0 unspecified atom stereocenters. The third kappa shape index (κ3) is 2.52. The van der Waals surface area contributed by atoms with Crippen molar-refractivity contribution in [3.05, 3.63) is 34.7 Å². The summed E-state index contributed by atoms with van der Waals surface area (Å²) in [4.78, 5) is 10.4. The first kappa shape index (κ1) is 11.4. The predicted molar refractivity (Wildman–Crippen MR) is 55.7 cm³/mol. The molecular weight excluding hydrogens is 248 g/mol. The van der Waals surface area contributed by atoms with Crippen molar-refractivity contribution >= 4 is 10.1 Å². The van der Waals surface area contributed by atoms with Crippen LogP contribution in [0.5, 0.6) is 0 Å². The van der Waals surface area contributed by atoms with Crippen LogP contribution >= 0.6 is 0 Å². The maximum atomic E-state index is 10.8. The van der Waals surface area contributed by atoms with Crippen molar-refractivity contribution in [2.75, 3.05) is 0 Å². The maximum absolute atomic E-state index is 10.8. The second-order valence-corrected chi connectivity index (χ2v) is 4.47. The fraction of sp³-hybridized carbons (Fsp3) is 0. The first-order valence-corrected chi connectivity index (χ1v) is 5.78. The Morgan fingerprint density at radius 1 is 1.12 bits per heavy atom. The Kier molecular flexibility index (Phi) is 2.69. The van der Waals surface area contributed by atoms with Crippen LogP contribution < -0.4 is 5.69 Å². The number of aromatic nitrogens is 4. The van der Waals surface area contributed by atoms with E-state index in [1.165, 1.54) is 24.3 Å². The lowest BCUT2D eigenvalue weighted by atomic mass is 10.2. The number of nitrogens with one attached hydrogen (secondary N) is 1. The summed E-state index contributed by atoms with van der Waals surface area (Å²) in [6.45, 7) is 0. The van der Waals surface area contributed by atoms with E-state index in [4.69, 9.17) is 4.55 Å². The Balaban J connectivity index is 2.42. The first-order valence-electron chi connectivity index (χ1n) is 4.34. The molecule has 0 fully saturated rings. The highest BCUT2D eigenvalue weighted by Gasteiger charge is 2.10. The molecule has 2 aromatic rings. The molecule has 2 N–H and O–H groups in total. The van der Waals surface area contributed by atoms with Gasteiger partial charge in [0.15, 0.2) is 0 Å². The molecule has 9 heteroatoms. The quantitative estimate of drug-likeness (QED) is 0.690. The molecule has 88 valence electrons. The number of rotatable bonds is 2. The molecule has 0 amide bonds. The van der Waals surface area contributed by atoms with Gasteiger partial charge in [-0.05, 0) is 24.3 Å². The van der Waals surface area contributed by atoms with Gasteiger partial charge in [-0.15, -0.1) is 10.2 Å². The standard InChI is InChI=1S/C8H6N4O4S/c13-8-11-9-7(10-12-8)5-1-3-6(4-2-5)17(14,15)16/h1-4H,(H,11,12,13)(H,14,15,16). The van der Waals surface area contributed by atoms with Crippen LogP contribution in [0, 0.1) is 0 Å². The molecule has 0 bridgehead atoms. The molecule has 0 spiro atoms. The van der Waals surface area contributed by atoms with E-state index in [0.717, 1.165) is 0 Å². The Bertz CT molecular complexity index is 672. The Hall–Kier alpha value is -2.13. The SMILES string of the molecule is O=c1nnc(-c2ccc(S(=O)(=O)O)cc2)n[nH]1. The van der Waals surface area contributed by atoms with Crippen molar-refractivity contribution in [2.45, 2.75) is 4.90 Å². The van der Waals surface area contributed by atoms with Crippen LogP contribution in [0.25, 0.3) is 11.4 Å². The topological polar surface area (TPSA) is 126 Å². The van der Waals surface area contributed by atoms with Gasteiger partial charge in [-0.2, -0.15) is 8.42 Å². The monoisotopic (exact) mass is 254 g/mol. The molecular formula is C8H6N4O4S. The molecule has 1 aromatic heterocycles. The van der Waals surface area contributed by atoms with Crippen LogP contribution in [0.4, 0.5) is 0 Å². The molecule has 0 aliphatic carbocycles. The average Bonchev–Trinajstić information content (AvgIpc) is 2.29. The molecule has 17 heavy (non-hydrogen) atoms. The molecule has 8 nitrogen and oxygen atoms in total. The van der Waals surface area contributed by atoms with Crippen LogP contribution in [-0.4, -0.2) is 33.4 Å². The summed E-state index contributed by atoms with van der Waals surface area (Å²) in [5, 5.41) is 12.5. The number of hydrogen-bond donors (Lipinski definition) is 2. The number of benzene rings is 1. The number of hydrogen-bond acceptors (Lipinski definition) is 6. The summed E-state index contributed by atoms with van der Waals surface area (Å²) in [7, 11) is -4.22. The molecule has 0 radical (unpaired) electrons. The van der Waals surface area contributed by atoms with Crippen LogP contribution in [-0.2, 0) is 10.1 Å². The first-order chi connectivity index (χ1) is 7.97. The molecule has 2 rings (SSSR count). The minimum atomic E-state index is -4.22. The van der Waals surface area contributed by atoms with E-state index in [9.17, 15) is 13.2 Å². The zero-order valence-electron chi connectivity index (χ0n) is 8.23. The van der Waals surface area contributed by atoms with Crippen molar-refractivity contribution < 1.29 is 13.0 Å². The van der Waals surface area contributed by atoms with Crippen LogP contribution in [0.1, 0.15) is 0 Å². The van der Waals surface area contributed by atoms with Gasteiger partial charge in [-0.1, -0.05) is 5.10 Å². The van der Waals surface area contributed by atoms with Gasteiger partial charge in [0.05, 0.1) is 4.90 Å². The van der Waals surface area contributed by atoms with Gasteiger partial charge in [0.1, 0.15) is 0 Å². The highest BCUT2D eigenvalue weighted by molar-refractivity contribution is 7.85. The van der Waals surface area contributed by atoms with Gasteiger partial charge in [-0.25, -0.2) is 9.89 Å². The van der Waals surface area contributed by atoms with E-state index in [2.05, 4.69) is 20.4 Å². The predicted octanol–water partition coefficient (Wildman–Crippen LogP) is -0.526. The van der Waals surface area contributed by atoms with E-state index in [0.29, 0.717) is 5.56 Å². The average molecular weight is 254 g/mol. The van der Waals surface area contributed by atoms with Crippen molar-refractivity contribution in [1.29, 1.82) is 0 Å². The molecule has 0 aliphatic rings. The molecule has 1 aromatic carbocycles. The number of H-pyrrole nitrogens is 1. The van der Waals surface area contributed by atoms with Gasteiger partial charge in [0.25, 0.3) is 10.1 Å². The molecule has 0 atom stereocenters. The zero-order chi connectivity index (χ0) is 12.5. The third-order valence-corrected chi connectivity index (χ3v) is 2.77. The van der Waals surface area contributed by atoms with Gasteiger partial charge < -0.3 is 0 Å². The van der Waals surface area contributed by atoms with Crippen LogP contribution in [0.15, 0.2) is 34.0 Å². The Morgan fingerprint density at radius 3 is 2.24 bits per heavy atom. The molecule has 0 saturated heterocycles. The second-order valence-electron chi connectivity index (χ2n) is 3.05. The van der Waals surface area contributed by atoms with Gasteiger partial charge >= 0.3 is 5.69 Å². The second kappa shape index (κ2) is 4.03. The van der Waals surface area contributed by atoms with Gasteiger partial charge in [-0.3, -0.25) is 4.55 Å². The summed E-state index contributed by atoms with van der Waals surface area (Å²) in [5.74, 6) is 0.145. The number of aromatic amines is 1. The lowest BCUT2D eigenvalue weighted by molar-refractivity contribution is 0.483. The van der Waals surface area contributed by atoms with E-state index in [1.807, 2.05) is 0 Å². The van der Waals surface area contributed by atoms with E-state index in [-0.39, 0.29) is 10.7 Å². The van der Waals surface area contributed by atoms with Crippen molar-refractivity contribution in [3.63, 3.8) is 0 Å². The third-order valence-electron chi connectivity index (χ3n) is 1.90. The summed E-state index contributed by atoms with van der Waals surface area (Å²) < 4.78 is 30.3. The van der Waals surface area contributed by atoms with E-state index >= 15 is 0 Å². The summed E-state index contributed by atoms with van der Waals surface area (Å²) >= 11 is 0. The van der Waals surface area contributed by atoms with Crippen LogP contribution in [0.2, 0.25) is 0 Å². The van der Waals surface area contributed by atoms with Gasteiger partial charge in [0, 0.05) is 5.56 Å². The van der Waals surface area contributed by atoms with Crippen LogP contribution in [0.3, 0.4) is 0 Å². The zero-order valence-corrected chi connectivity index (χ0v) is 9.05. The van der Waals surface area contributed by atoms with Crippen molar-refractivity contribution in [1.82, 2.24) is 20.4 Å². The summed E-state index contributed by atoms with van der Waals surface area (Å²) in [5.41, 5.74) is -0.218. The van der Waals surface area contributed by atoms with Crippen molar-refractivity contribution in [3.8, 4) is 11.4 Å². The fourth-order valence-corrected chi connectivity index (χ4v) is 1.62.